The molecule has 1 aliphatic rings. The number of rotatable bonds is 0. The minimum atomic E-state index is -4.37. The molecule has 3 nitrogen and oxygen atoms in total. The lowest BCUT2D eigenvalue weighted by Crippen LogP contribution is -2.15. The van der Waals surface area contributed by atoms with Crippen molar-refractivity contribution in [2.24, 2.45) is 0 Å². The van der Waals surface area contributed by atoms with Crippen LogP contribution in [0.25, 0.3) is 0 Å². The number of anilines is 1. The van der Waals surface area contributed by atoms with Crippen LogP contribution in [-0.4, -0.2) is 16.7 Å². The second-order valence-corrected chi connectivity index (χ2v) is 2.95. The van der Waals surface area contributed by atoms with Gasteiger partial charge in [-0.25, -0.2) is 0 Å². The van der Waals surface area contributed by atoms with Crippen LogP contribution >= 0.6 is 0 Å². The van der Waals surface area contributed by atoms with Gasteiger partial charge >= 0.3 is 6.18 Å². The molecule has 0 atom stereocenters. The van der Waals surface area contributed by atoms with Crippen LogP contribution in [-0.2, 0) is 12.6 Å². The van der Waals surface area contributed by atoms with Crippen LogP contribution in [0.15, 0.2) is 0 Å². The minimum absolute atomic E-state index is 0.124. The van der Waals surface area contributed by atoms with Crippen molar-refractivity contribution in [1.82, 2.24) is 10.2 Å². The molecule has 2 rings (SSSR count). The van der Waals surface area contributed by atoms with Crippen LogP contribution in [0.2, 0.25) is 0 Å². The number of alkyl halides is 3. The molecule has 72 valence electrons. The largest absolute Gasteiger partial charge is 0.437 e. The summed E-state index contributed by atoms with van der Waals surface area (Å²) in [6.07, 6.45) is -2.90. The number of H-pyrrole nitrogens is 1. The summed E-state index contributed by atoms with van der Waals surface area (Å²) in [6, 6.07) is 0. The third-order valence-electron chi connectivity index (χ3n) is 2.02. The summed E-state index contributed by atoms with van der Waals surface area (Å²) in [5.41, 5.74) is -0.153. The molecule has 0 unspecified atom stereocenters. The maximum Gasteiger partial charge on any atom is 0.437 e. The first kappa shape index (κ1) is 8.40. The monoisotopic (exact) mass is 191 g/mol. The lowest BCUT2D eigenvalue weighted by Gasteiger charge is -2.14. The second-order valence-electron chi connectivity index (χ2n) is 2.95. The number of nitrogens with zero attached hydrogens (tertiary/aromatic N) is 1. The van der Waals surface area contributed by atoms with Crippen molar-refractivity contribution in [3.63, 3.8) is 0 Å². The Morgan fingerprint density at radius 2 is 2.08 bits per heavy atom. The van der Waals surface area contributed by atoms with Crippen molar-refractivity contribution in [2.75, 3.05) is 11.9 Å². The molecule has 13 heavy (non-hydrogen) atoms. The van der Waals surface area contributed by atoms with Gasteiger partial charge in [0.1, 0.15) is 0 Å². The van der Waals surface area contributed by atoms with E-state index in [-0.39, 0.29) is 5.69 Å². The maximum atomic E-state index is 12.3. The summed E-state index contributed by atoms with van der Waals surface area (Å²) in [5, 5.41) is 8.36. The van der Waals surface area contributed by atoms with Crippen molar-refractivity contribution in [2.45, 2.75) is 19.0 Å². The number of fused-ring (bicyclic) bond motifs is 1. The fourth-order valence-electron chi connectivity index (χ4n) is 1.43. The van der Waals surface area contributed by atoms with Gasteiger partial charge in [0.05, 0.1) is 11.4 Å². The number of aryl methyl sites for hydroxylation is 1. The molecule has 0 amide bonds. The predicted octanol–water partition coefficient (Wildman–Crippen LogP) is 1.79. The molecule has 1 aromatic rings. The van der Waals surface area contributed by atoms with Gasteiger partial charge < -0.3 is 5.32 Å². The second kappa shape index (κ2) is 2.65. The van der Waals surface area contributed by atoms with Crippen molar-refractivity contribution < 1.29 is 13.2 Å². The molecular weight excluding hydrogens is 183 g/mol. The number of halogens is 3. The molecule has 2 heterocycles. The van der Waals surface area contributed by atoms with Crippen LogP contribution in [0, 0.1) is 0 Å². The summed E-state index contributed by atoms with van der Waals surface area (Å²) in [6.45, 7) is 0.579. The Bertz CT molecular complexity index is 315. The molecule has 0 radical (unpaired) electrons. The average molecular weight is 191 g/mol. The van der Waals surface area contributed by atoms with E-state index in [1.165, 1.54) is 0 Å². The van der Waals surface area contributed by atoms with Gasteiger partial charge in [-0.2, -0.15) is 18.3 Å². The molecule has 0 bridgehead atoms. The van der Waals surface area contributed by atoms with Crippen LogP contribution in [0.3, 0.4) is 0 Å². The molecule has 1 aromatic heterocycles. The highest BCUT2D eigenvalue weighted by atomic mass is 19.4. The van der Waals surface area contributed by atoms with Gasteiger partial charge in [-0.05, 0) is 12.8 Å². The SMILES string of the molecule is FC(F)(F)c1n[nH]c2c1NCCC2. The molecule has 0 saturated carbocycles. The average Bonchev–Trinajstić information content (AvgIpc) is 2.45. The smallest absolute Gasteiger partial charge is 0.382 e. The van der Waals surface area contributed by atoms with Gasteiger partial charge in [0.25, 0.3) is 0 Å². The van der Waals surface area contributed by atoms with Crippen molar-refractivity contribution >= 4 is 5.69 Å². The minimum Gasteiger partial charge on any atom is -0.382 e. The highest BCUT2D eigenvalue weighted by Gasteiger charge is 2.38. The van der Waals surface area contributed by atoms with Crippen LogP contribution < -0.4 is 5.32 Å². The summed E-state index contributed by atoms with van der Waals surface area (Å²) >= 11 is 0. The Kier molecular flexibility index (Phi) is 1.71. The predicted molar refractivity (Wildman–Crippen MR) is 40.4 cm³/mol. The Hall–Kier alpha value is -1.20. The quantitative estimate of drug-likeness (QED) is 0.656. The third-order valence-corrected chi connectivity index (χ3v) is 2.02. The molecule has 0 spiro atoms. The summed E-state index contributed by atoms with van der Waals surface area (Å²) in [4.78, 5) is 0. The van der Waals surface area contributed by atoms with Crippen LogP contribution in [0.5, 0.6) is 0 Å². The Morgan fingerprint density at radius 3 is 2.77 bits per heavy atom. The van der Waals surface area contributed by atoms with Gasteiger partial charge in [0.15, 0.2) is 5.69 Å². The Morgan fingerprint density at radius 1 is 1.31 bits per heavy atom. The Labute approximate surface area is 72.3 Å². The van der Waals surface area contributed by atoms with Crippen LogP contribution in [0.1, 0.15) is 17.8 Å². The number of aromatic amines is 1. The van der Waals surface area contributed by atoms with Crippen LogP contribution in [0.4, 0.5) is 18.9 Å². The normalized spacial score (nSPS) is 16.5. The number of hydrogen-bond acceptors (Lipinski definition) is 2. The molecule has 6 heteroatoms. The Balaban J connectivity index is 2.43. The van der Waals surface area contributed by atoms with Crippen molar-refractivity contribution in [3.8, 4) is 0 Å². The van der Waals surface area contributed by atoms with Gasteiger partial charge in [-0.1, -0.05) is 0 Å². The van der Waals surface area contributed by atoms with E-state index in [0.29, 0.717) is 18.7 Å². The lowest BCUT2D eigenvalue weighted by atomic mass is 10.1. The zero-order valence-electron chi connectivity index (χ0n) is 6.70. The van der Waals surface area contributed by atoms with E-state index >= 15 is 0 Å². The van der Waals surface area contributed by atoms with Gasteiger partial charge in [-0.3, -0.25) is 5.10 Å². The van der Waals surface area contributed by atoms with E-state index < -0.39 is 11.9 Å². The van der Waals surface area contributed by atoms with E-state index in [1.54, 1.807) is 0 Å². The van der Waals surface area contributed by atoms with E-state index in [9.17, 15) is 13.2 Å². The highest BCUT2D eigenvalue weighted by molar-refractivity contribution is 5.55. The fraction of sp³-hybridized carbons (Fsp3) is 0.571. The van der Waals surface area contributed by atoms with Gasteiger partial charge in [-0.15, -0.1) is 0 Å². The molecular formula is C7H8F3N3. The van der Waals surface area contributed by atoms with E-state index in [2.05, 4.69) is 15.5 Å². The first-order valence-electron chi connectivity index (χ1n) is 3.97. The molecule has 1 aliphatic heterocycles. The van der Waals surface area contributed by atoms with E-state index in [0.717, 1.165) is 6.42 Å². The lowest BCUT2D eigenvalue weighted by molar-refractivity contribution is -0.140. The molecule has 2 N–H and O–H groups in total. The first-order valence-corrected chi connectivity index (χ1v) is 3.97. The number of nitrogens with one attached hydrogen (secondary N) is 2. The van der Waals surface area contributed by atoms with Gasteiger partial charge in [0.2, 0.25) is 0 Å². The highest BCUT2D eigenvalue weighted by Crippen LogP contribution is 2.36. The maximum absolute atomic E-state index is 12.3. The topological polar surface area (TPSA) is 40.7 Å². The van der Waals surface area contributed by atoms with Crippen molar-refractivity contribution in [1.29, 1.82) is 0 Å². The molecule has 0 saturated heterocycles. The number of hydrogen-bond donors (Lipinski definition) is 2. The van der Waals surface area contributed by atoms with E-state index in [1.807, 2.05) is 0 Å². The summed E-state index contributed by atoms with van der Waals surface area (Å²) < 4.78 is 36.9. The fourth-order valence-corrected chi connectivity index (χ4v) is 1.43. The van der Waals surface area contributed by atoms with Crippen molar-refractivity contribution in [3.05, 3.63) is 11.4 Å². The molecule has 0 fully saturated rings. The summed E-state index contributed by atoms with van der Waals surface area (Å²) in [7, 11) is 0. The third kappa shape index (κ3) is 1.36. The van der Waals surface area contributed by atoms with E-state index in [4.69, 9.17) is 0 Å². The molecule has 0 aromatic carbocycles. The summed E-state index contributed by atoms with van der Waals surface area (Å²) in [5.74, 6) is 0. The number of aromatic nitrogens is 2. The zero-order chi connectivity index (χ0) is 9.47. The van der Waals surface area contributed by atoms with Gasteiger partial charge in [0, 0.05) is 6.54 Å². The standard InChI is InChI=1S/C7H8F3N3/c8-7(9,10)6-5-4(12-13-6)2-1-3-11-5/h11H,1-3H2,(H,12,13). The molecule has 0 aliphatic carbocycles. The first-order chi connectivity index (χ1) is 6.09. The zero-order valence-corrected chi connectivity index (χ0v) is 6.70.